The second-order valence-electron chi connectivity index (χ2n) is 5.08. The second-order valence-corrected chi connectivity index (χ2v) is 5.08. The number of rotatable bonds is 3. The van der Waals surface area contributed by atoms with E-state index in [1.54, 1.807) is 0 Å². The molecule has 0 saturated carbocycles. The zero-order chi connectivity index (χ0) is 13.1. The van der Waals surface area contributed by atoms with E-state index in [-0.39, 0.29) is 11.8 Å². The van der Waals surface area contributed by atoms with E-state index < -0.39 is 5.97 Å². The van der Waals surface area contributed by atoms with Crippen molar-refractivity contribution in [1.29, 1.82) is 0 Å². The first-order valence-electron chi connectivity index (χ1n) is 6.63. The molecule has 2 rings (SSSR count). The Morgan fingerprint density at radius 2 is 2.00 bits per heavy atom. The van der Waals surface area contributed by atoms with Gasteiger partial charge in [-0.3, -0.25) is 4.79 Å². The molecule has 1 aliphatic carbocycles. The number of hydrogen-bond acceptors (Lipinski definition) is 1. The molecule has 0 amide bonds. The molecule has 0 radical (unpaired) electrons. The lowest BCUT2D eigenvalue weighted by molar-refractivity contribution is -0.144. The van der Waals surface area contributed by atoms with E-state index in [2.05, 4.69) is 32.1 Å². The predicted octanol–water partition coefficient (Wildman–Crippen LogP) is 3.84. The quantitative estimate of drug-likeness (QED) is 0.877. The van der Waals surface area contributed by atoms with Crippen molar-refractivity contribution in [2.75, 3.05) is 0 Å². The summed E-state index contributed by atoms with van der Waals surface area (Å²) < 4.78 is 0. The SMILES string of the molecule is CC[C@H]1C(c2ccccc2)=CC[C@@H](C(=O)O)[C@@H]1C. The maximum Gasteiger partial charge on any atom is 0.307 e. The molecule has 18 heavy (non-hydrogen) atoms. The molecule has 1 aliphatic rings. The van der Waals surface area contributed by atoms with Crippen LogP contribution >= 0.6 is 0 Å². The van der Waals surface area contributed by atoms with Gasteiger partial charge in [-0.25, -0.2) is 0 Å². The minimum atomic E-state index is -0.663. The lowest BCUT2D eigenvalue weighted by atomic mass is 9.70. The van der Waals surface area contributed by atoms with Gasteiger partial charge in [-0.1, -0.05) is 50.3 Å². The molecule has 2 nitrogen and oxygen atoms in total. The Hall–Kier alpha value is -1.57. The summed E-state index contributed by atoms with van der Waals surface area (Å²) in [5, 5.41) is 9.25. The molecular weight excluding hydrogens is 224 g/mol. The third-order valence-corrected chi connectivity index (χ3v) is 4.12. The lowest BCUT2D eigenvalue weighted by Gasteiger charge is -2.34. The van der Waals surface area contributed by atoms with Crippen molar-refractivity contribution in [2.45, 2.75) is 26.7 Å². The van der Waals surface area contributed by atoms with Gasteiger partial charge >= 0.3 is 5.97 Å². The highest BCUT2D eigenvalue weighted by Crippen LogP contribution is 2.41. The summed E-state index contributed by atoms with van der Waals surface area (Å²) in [6.45, 7) is 4.21. The van der Waals surface area contributed by atoms with E-state index in [4.69, 9.17) is 0 Å². The van der Waals surface area contributed by atoms with E-state index in [1.807, 2.05) is 18.2 Å². The van der Waals surface area contributed by atoms with Crippen LogP contribution in [0.4, 0.5) is 0 Å². The molecule has 0 spiro atoms. The summed E-state index contributed by atoms with van der Waals surface area (Å²) in [6, 6.07) is 10.3. The van der Waals surface area contributed by atoms with Gasteiger partial charge in [0.1, 0.15) is 0 Å². The first kappa shape index (κ1) is 12.9. The Balaban J connectivity index is 2.34. The molecule has 0 aromatic heterocycles. The molecule has 0 unspecified atom stereocenters. The van der Waals surface area contributed by atoms with Crippen LogP contribution in [0.3, 0.4) is 0 Å². The summed E-state index contributed by atoms with van der Waals surface area (Å²) in [4.78, 5) is 11.2. The zero-order valence-corrected chi connectivity index (χ0v) is 11.0. The fourth-order valence-corrected chi connectivity index (χ4v) is 3.06. The summed E-state index contributed by atoms with van der Waals surface area (Å²) >= 11 is 0. The molecule has 2 heteroatoms. The van der Waals surface area contributed by atoms with Crippen LogP contribution in [0.5, 0.6) is 0 Å². The van der Waals surface area contributed by atoms with Crippen LogP contribution < -0.4 is 0 Å². The fourth-order valence-electron chi connectivity index (χ4n) is 3.06. The van der Waals surface area contributed by atoms with Crippen molar-refractivity contribution < 1.29 is 9.90 Å². The summed E-state index contributed by atoms with van der Waals surface area (Å²) in [5.74, 6) is -0.346. The number of aliphatic carboxylic acids is 1. The van der Waals surface area contributed by atoms with Gasteiger partial charge in [0.15, 0.2) is 0 Å². The van der Waals surface area contributed by atoms with Gasteiger partial charge < -0.3 is 5.11 Å². The van der Waals surface area contributed by atoms with Gasteiger partial charge in [0.25, 0.3) is 0 Å². The lowest BCUT2D eigenvalue weighted by Crippen LogP contribution is -2.30. The summed E-state index contributed by atoms with van der Waals surface area (Å²) in [5.41, 5.74) is 2.56. The number of benzene rings is 1. The van der Waals surface area contributed by atoms with Gasteiger partial charge in [0, 0.05) is 0 Å². The summed E-state index contributed by atoms with van der Waals surface area (Å²) in [6.07, 6.45) is 3.77. The van der Waals surface area contributed by atoms with Crippen LogP contribution in [-0.2, 0) is 4.79 Å². The topological polar surface area (TPSA) is 37.3 Å². The molecule has 0 aliphatic heterocycles. The van der Waals surface area contributed by atoms with Crippen LogP contribution in [0.25, 0.3) is 5.57 Å². The van der Waals surface area contributed by atoms with Crippen molar-refractivity contribution in [3.05, 3.63) is 42.0 Å². The van der Waals surface area contributed by atoms with Crippen LogP contribution in [0.1, 0.15) is 32.3 Å². The van der Waals surface area contributed by atoms with Gasteiger partial charge in [-0.15, -0.1) is 0 Å². The monoisotopic (exact) mass is 244 g/mol. The number of allylic oxidation sites excluding steroid dienone is 2. The van der Waals surface area contributed by atoms with E-state index in [0.717, 1.165) is 6.42 Å². The Kier molecular flexibility index (Phi) is 3.85. The Morgan fingerprint density at radius 1 is 1.33 bits per heavy atom. The van der Waals surface area contributed by atoms with Gasteiger partial charge in [0.05, 0.1) is 5.92 Å². The first-order chi connectivity index (χ1) is 8.65. The highest BCUT2D eigenvalue weighted by molar-refractivity contribution is 5.75. The van der Waals surface area contributed by atoms with Crippen LogP contribution in [0.2, 0.25) is 0 Å². The molecule has 0 heterocycles. The van der Waals surface area contributed by atoms with Crippen LogP contribution in [-0.4, -0.2) is 11.1 Å². The maximum absolute atomic E-state index is 11.2. The Labute approximate surface area is 108 Å². The maximum atomic E-state index is 11.2. The van der Waals surface area contributed by atoms with Crippen LogP contribution in [0, 0.1) is 17.8 Å². The van der Waals surface area contributed by atoms with E-state index in [0.29, 0.717) is 12.3 Å². The predicted molar refractivity (Wildman–Crippen MR) is 73.1 cm³/mol. The molecule has 1 aromatic rings. The third kappa shape index (κ3) is 2.33. The van der Waals surface area contributed by atoms with Crippen molar-refractivity contribution in [3.63, 3.8) is 0 Å². The van der Waals surface area contributed by atoms with Crippen molar-refractivity contribution >= 4 is 11.5 Å². The molecule has 1 N–H and O–H groups in total. The largest absolute Gasteiger partial charge is 0.481 e. The van der Waals surface area contributed by atoms with Crippen molar-refractivity contribution in [1.82, 2.24) is 0 Å². The number of carbonyl (C=O) groups is 1. The number of carboxylic acids is 1. The number of hydrogen-bond donors (Lipinski definition) is 1. The standard InChI is InChI=1S/C16H20O2/c1-3-13-11(2)14(16(17)18)9-10-15(13)12-7-5-4-6-8-12/h4-8,10-11,13-14H,3,9H2,1-2H3,(H,17,18)/t11-,13-,14-/m1/s1. The molecule has 0 saturated heterocycles. The average Bonchev–Trinajstić information content (AvgIpc) is 2.39. The van der Waals surface area contributed by atoms with Gasteiger partial charge in [-0.05, 0) is 35.8 Å². The van der Waals surface area contributed by atoms with Gasteiger partial charge in [0.2, 0.25) is 0 Å². The zero-order valence-electron chi connectivity index (χ0n) is 11.0. The Bertz CT molecular complexity index is 447. The first-order valence-corrected chi connectivity index (χ1v) is 6.63. The summed E-state index contributed by atoms with van der Waals surface area (Å²) in [7, 11) is 0. The van der Waals surface area contributed by atoms with Crippen molar-refractivity contribution in [2.24, 2.45) is 17.8 Å². The molecule has 3 atom stereocenters. The molecule has 1 aromatic carbocycles. The highest BCUT2D eigenvalue weighted by Gasteiger charge is 2.34. The molecule has 96 valence electrons. The van der Waals surface area contributed by atoms with E-state index in [9.17, 15) is 9.90 Å². The van der Waals surface area contributed by atoms with E-state index in [1.165, 1.54) is 11.1 Å². The molecular formula is C16H20O2. The molecule has 0 fully saturated rings. The normalized spacial score (nSPS) is 27.7. The minimum Gasteiger partial charge on any atom is -0.481 e. The third-order valence-electron chi connectivity index (χ3n) is 4.12. The number of carboxylic acid groups (broad SMARTS) is 1. The van der Waals surface area contributed by atoms with Crippen LogP contribution in [0.15, 0.2) is 36.4 Å². The minimum absolute atomic E-state index is 0.202. The Morgan fingerprint density at radius 3 is 2.56 bits per heavy atom. The smallest absolute Gasteiger partial charge is 0.307 e. The average molecular weight is 244 g/mol. The fraction of sp³-hybridized carbons (Fsp3) is 0.438. The second kappa shape index (κ2) is 5.38. The van der Waals surface area contributed by atoms with Gasteiger partial charge in [-0.2, -0.15) is 0 Å². The van der Waals surface area contributed by atoms with E-state index >= 15 is 0 Å². The molecule has 0 bridgehead atoms. The van der Waals surface area contributed by atoms with Crippen molar-refractivity contribution in [3.8, 4) is 0 Å². The highest BCUT2D eigenvalue weighted by atomic mass is 16.4.